The van der Waals surface area contributed by atoms with Gasteiger partial charge in [-0.05, 0) is 12.1 Å². The first-order valence-corrected chi connectivity index (χ1v) is 3.37. The van der Waals surface area contributed by atoms with E-state index in [0.717, 1.165) is 6.20 Å². The van der Waals surface area contributed by atoms with Crippen molar-refractivity contribution in [2.45, 2.75) is 0 Å². The summed E-state index contributed by atoms with van der Waals surface area (Å²) in [5.74, 6) is -1.39. The number of carboxylic acids is 1. The number of hydrogen-bond donors (Lipinski definition) is 2. The van der Waals surface area contributed by atoms with Crippen LogP contribution < -0.4 is 10.3 Å². The van der Waals surface area contributed by atoms with Crippen molar-refractivity contribution in [3.8, 4) is 5.75 Å². The molecule has 2 N–H and O–H groups in total. The van der Waals surface area contributed by atoms with Crippen molar-refractivity contribution in [3.05, 3.63) is 28.7 Å². The number of hydrogen-bond acceptors (Lipinski definition) is 4. The van der Waals surface area contributed by atoms with E-state index in [1.165, 1.54) is 12.1 Å². The van der Waals surface area contributed by atoms with Gasteiger partial charge in [-0.15, -0.1) is 0 Å². The molecule has 0 spiro atoms. The van der Waals surface area contributed by atoms with Crippen LogP contribution in [0, 0.1) is 0 Å². The molecule has 0 aliphatic rings. The molecule has 6 nitrogen and oxygen atoms in total. The van der Waals surface area contributed by atoms with Crippen molar-refractivity contribution >= 4 is 5.97 Å². The Labute approximate surface area is 72.6 Å². The number of carbonyl (C=O) groups is 1. The van der Waals surface area contributed by atoms with Crippen LogP contribution in [0.5, 0.6) is 5.75 Å². The molecule has 0 saturated carbocycles. The van der Waals surface area contributed by atoms with Crippen LogP contribution in [-0.2, 0) is 4.79 Å². The minimum atomic E-state index is -1.19. The number of nitrogens with zero attached hydrogens (tertiary/aromatic N) is 1. The predicted octanol–water partition coefficient (Wildman–Crippen LogP) is -0.451. The molecule has 70 valence electrons. The van der Waals surface area contributed by atoms with E-state index in [0.29, 0.717) is 4.73 Å². The number of pyridine rings is 1. The Bertz CT molecular complexity index is 369. The van der Waals surface area contributed by atoms with Crippen LogP contribution in [0.25, 0.3) is 0 Å². The Kier molecular flexibility index (Phi) is 2.53. The first-order valence-electron chi connectivity index (χ1n) is 3.37. The standard InChI is InChI=1S/C7H7NO5/c9-6(10)4-13-5-2-1-3-8(12)7(5)11/h1-3,12H,4H2,(H,9,10). The molecule has 0 atom stereocenters. The molecule has 1 aromatic rings. The SMILES string of the molecule is O=C(O)COc1cccn(O)c1=O. The lowest BCUT2D eigenvalue weighted by Crippen LogP contribution is -2.21. The van der Waals surface area contributed by atoms with Crippen LogP contribution in [0.1, 0.15) is 0 Å². The highest BCUT2D eigenvalue weighted by atomic mass is 16.5. The summed E-state index contributed by atoms with van der Waals surface area (Å²) in [5.41, 5.74) is -0.788. The van der Waals surface area contributed by atoms with E-state index < -0.39 is 18.1 Å². The number of ether oxygens (including phenoxy) is 1. The molecule has 0 aliphatic carbocycles. The van der Waals surface area contributed by atoms with E-state index in [4.69, 9.17) is 10.3 Å². The lowest BCUT2D eigenvalue weighted by molar-refractivity contribution is -0.139. The summed E-state index contributed by atoms with van der Waals surface area (Å²) in [4.78, 5) is 21.0. The maximum Gasteiger partial charge on any atom is 0.341 e. The molecule has 13 heavy (non-hydrogen) atoms. The van der Waals surface area contributed by atoms with Gasteiger partial charge in [-0.2, -0.15) is 4.73 Å². The van der Waals surface area contributed by atoms with Crippen LogP contribution in [0.3, 0.4) is 0 Å². The topological polar surface area (TPSA) is 88.8 Å². The first kappa shape index (κ1) is 9.11. The van der Waals surface area contributed by atoms with E-state index in [1.807, 2.05) is 0 Å². The van der Waals surface area contributed by atoms with Gasteiger partial charge in [0.1, 0.15) is 0 Å². The molecule has 1 rings (SSSR count). The summed E-state index contributed by atoms with van der Waals surface area (Å²) in [5, 5.41) is 17.1. The van der Waals surface area contributed by atoms with Gasteiger partial charge in [-0.1, -0.05) is 0 Å². The average Bonchev–Trinajstić information content (AvgIpc) is 2.07. The van der Waals surface area contributed by atoms with Gasteiger partial charge in [-0.25, -0.2) is 4.79 Å². The minimum Gasteiger partial charge on any atom is -0.479 e. The predicted molar refractivity (Wildman–Crippen MR) is 41.0 cm³/mol. The Balaban J connectivity index is 2.84. The molecule has 0 radical (unpaired) electrons. The lowest BCUT2D eigenvalue weighted by atomic mass is 10.4. The monoisotopic (exact) mass is 185 g/mol. The van der Waals surface area contributed by atoms with E-state index in [1.54, 1.807) is 0 Å². The van der Waals surface area contributed by atoms with Gasteiger partial charge in [0.05, 0.1) is 0 Å². The molecule has 0 unspecified atom stereocenters. The third-order valence-corrected chi connectivity index (χ3v) is 1.24. The fourth-order valence-corrected chi connectivity index (χ4v) is 0.713. The third-order valence-electron chi connectivity index (χ3n) is 1.24. The molecule has 1 aromatic heterocycles. The number of rotatable bonds is 3. The zero-order valence-corrected chi connectivity index (χ0v) is 6.51. The molecule has 1 heterocycles. The number of aromatic nitrogens is 1. The largest absolute Gasteiger partial charge is 0.479 e. The third kappa shape index (κ3) is 2.22. The van der Waals surface area contributed by atoms with Gasteiger partial charge in [0, 0.05) is 6.20 Å². The van der Waals surface area contributed by atoms with Gasteiger partial charge < -0.3 is 15.1 Å². The molecular weight excluding hydrogens is 178 g/mol. The van der Waals surface area contributed by atoms with E-state index >= 15 is 0 Å². The smallest absolute Gasteiger partial charge is 0.341 e. The average molecular weight is 185 g/mol. The van der Waals surface area contributed by atoms with Crippen LogP contribution in [0.2, 0.25) is 0 Å². The molecule has 0 aromatic carbocycles. The van der Waals surface area contributed by atoms with Crippen molar-refractivity contribution in [2.24, 2.45) is 0 Å². The van der Waals surface area contributed by atoms with Crippen LogP contribution in [-0.4, -0.2) is 27.6 Å². The fraction of sp³-hybridized carbons (Fsp3) is 0.143. The Hall–Kier alpha value is -1.98. The van der Waals surface area contributed by atoms with Crippen molar-refractivity contribution < 1.29 is 19.8 Å². The maximum atomic E-state index is 11.0. The Morgan fingerprint density at radius 3 is 2.92 bits per heavy atom. The second-order valence-corrected chi connectivity index (χ2v) is 2.20. The van der Waals surface area contributed by atoms with Gasteiger partial charge in [0.25, 0.3) is 0 Å². The summed E-state index contributed by atoms with van der Waals surface area (Å²) >= 11 is 0. The molecule has 0 fully saturated rings. The Morgan fingerprint density at radius 1 is 1.62 bits per heavy atom. The second-order valence-electron chi connectivity index (χ2n) is 2.20. The van der Waals surface area contributed by atoms with E-state index in [2.05, 4.69) is 4.74 Å². The number of carboxylic acid groups (broad SMARTS) is 1. The molecule has 0 bridgehead atoms. The summed E-state index contributed by atoms with van der Waals surface area (Å²) in [6.45, 7) is -0.612. The summed E-state index contributed by atoms with van der Waals surface area (Å²) in [6.07, 6.45) is 1.12. The maximum absolute atomic E-state index is 11.0. The van der Waals surface area contributed by atoms with Crippen molar-refractivity contribution in [2.75, 3.05) is 6.61 Å². The van der Waals surface area contributed by atoms with Gasteiger partial charge in [-0.3, -0.25) is 4.79 Å². The van der Waals surface area contributed by atoms with Crippen molar-refractivity contribution in [1.29, 1.82) is 0 Å². The zero-order chi connectivity index (χ0) is 9.84. The highest BCUT2D eigenvalue weighted by Crippen LogP contribution is 1.99. The molecular formula is C7H7NO5. The Morgan fingerprint density at radius 2 is 2.31 bits per heavy atom. The molecule has 0 aliphatic heterocycles. The number of aliphatic carboxylic acids is 1. The normalized spacial score (nSPS) is 9.54. The summed E-state index contributed by atoms with van der Waals surface area (Å²) < 4.78 is 4.90. The molecule has 0 saturated heterocycles. The van der Waals surface area contributed by atoms with Gasteiger partial charge in [0.15, 0.2) is 12.4 Å². The highest BCUT2D eigenvalue weighted by molar-refractivity contribution is 5.68. The first-order chi connectivity index (χ1) is 6.11. The van der Waals surface area contributed by atoms with Crippen LogP contribution in [0.15, 0.2) is 23.1 Å². The van der Waals surface area contributed by atoms with E-state index in [-0.39, 0.29) is 5.75 Å². The highest BCUT2D eigenvalue weighted by Gasteiger charge is 2.04. The lowest BCUT2D eigenvalue weighted by Gasteiger charge is -2.02. The van der Waals surface area contributed by atoms with Crippen LogP contribution in [0.4, 0.5) is 0 Å². The fourth-order valence-electron chi connectivity index (χ4n) is 0.713. The van der Waals surface area contributed by atoms with Crippen molar-refractivity contribution in [1.82, 2.24) is 4.73 Å². The van der Waals surface area contributed by atoms with Gasteiger partial charge >= 0.3 is 11.5 Å². The van der Waals surface area contributed by atoms with E-state index in [9.17, 15) is 9.59 Å². The molecule has 6 heteroatoms. The quantitative estimate of drug-likeness (QED) is 0.622. The minimum absolute atomic E-state index is 0.201. The summed E-state index contributed by atoms with van der Waals surface area (Å²) in [7, 11) is 0. The van der Waals surface area contributed by atoms with Crippen LogP contribution >= 0.6 is 0 Å². The second kappa shape index (κ2) is 3.61. The van der Waals surface area contributed by atoms with Crippen molar-refractivity contribution in [3.63, 3.8) is 0 Å². The zero-order valence-electron chi connectivity index (χ0n) is 6.51. The summed E-state index contributed by atoms with van der Waals surface area (Å²) in [6, 6.07) is 2.64. The molecule has 0 amide bonds. The van der Waals surface area contributed by atoms with Gasteiger partial charge in [0.2, 0.25) is 0 Å².